The van der Waals surface area contributed by atoms with Crippen LogP contribution in [0.5, 0.6) is 0 Å². The largest absolute Gasteiger partial charge is 0.382 e. The molecule has 0 atom stereocenters. The molecule has 4 nitrogen and oxygen atoms in total. The highest BCUT2D eigenvalue weighted by molar-refractivity contribution is 5.35. The molecule has 0 bridgehead atoms. The predicted octanol–water partition coefficient (Wildman–Crippen LogP) is 1.46. The van der Waals surface area contributed by atoms with Crippen molar-refractivity contribution in [2.45, 2.75) is 24.8 Å². The Morgan fingerprint density at radius 1 is 1.50 bits per heavy atom. The maximum atomic E-state index is 5.21. The lowest BCUT2D eigenvalue weighted by Crippen LogP contribution is -2.49. The molecule has 0 unspecified atom stereocenters. The molecule has 1 fully saturated rings. The minimum absolute atomic E-state index is 0.102. The van der Waals surface area contributed by atoms with Gasteiger partial charge in [-0.1, -0.05) is 0 Å². The van der Waals surface area contributed by atoms with Crippen LogP contribution in [-0.4, -0.2) is 29.2 Å². The summed E-state index contributed by atoms with van der Waals surface area (Å²) in [5, 5.41) is 3.39. The third-order valence-electron chi connectivity index (χ3n) is 2.69. The van der Waals surface area contributed by atoms with Crippen molar-refractivity contribution in [1.29, 1.82) is 0 Å². The van der Waals surface area contributed by atoms with Gasteiger partial charge in [0.15, 0.2) is 0 Å². The number of nitrogens with one attached hydrogen (secondary N) is 1. The van der Waals surface area contributed by atoms with Crippen LogP contribution in [-0.2, 0) is 4.74 Å². The van der Waals surface area contributed by atoms with Gasteiger partial charge < -0.3 is 10.1 Å². The third kappa shape index (κ3) is 1.85. The van der Waals surface area contributed by atoms with Gasteiger partial charge in [0.05, 0.1) is 18.3 Å². The molecule has 0 saturated heterocycles. The molecular formula is C10H15N3O. The fourth-order valence-electron chi connectivity index (χ4n) is 1.82. The molecule has 1 aliphatic rings. The highest BCUT2D eigenvalue weighted by atomic mass is 16.5. The first-order chi connectivity index (χ1) is 6.85. The minimum Gasteiger partial charge on any atom is -0.382 e. The molecule has 0 amide bonds. The van der Waals surface area contributed by atoms with Gasteiger partial charge in [-0.05, 0) is 19.3 Å². The van der Waals surface area contributed by atoms with Crippen molar-refractivity contribution in [3.8, 4) is 0 Å². The van der Waals surface area contributed by atoms with E-state index in [1.807, 2.05) is 0 Å². The zero-order chi connectivity index (χ0) is 9.86. The Morgan fingerprint density at radius 2 is 2.36 bits per heavy atom. The Bertz CT molecular complexity index is 285. The SMILES string of the molecule is COCC1(Nc2cnccn2)CCC1. The van der Waals surface area contributed by atoms with Crippen molar-refractivity contribution in [1.82, 2.24) is 9.97 Å². The molecule has 1 heterocycles. The smallest absolute Gasteiger partial charge is 0.144 e. The lowest BCUT2D eigenvalue weighted by molar-refractivity contribution is 0.0980. The van der Waals surface area contributed by atoms with Crippen LogP contribution >= 0.6 is 0 Å². The van der Waals surface area contributed by atoms with Crippen LogP contribution in [0, 0.1) is 0 Å². The second kappa shape index (κ2) is 3.92. The Hall–Kier alpha value is -1.16. The molecular weight excluding hydrogens is 178 g/mol. The maximum absolute atomic E-state index is 5.21. The van der Waals surface area contributed by atoms with Crippen molar-refractivity contribution in [2.24, 2.45) is 0 Å². The van der Waals surface area contributed by atoms with Crippen molar-refractivity contribution in [3.63, 3.8) is 0 Å². The Kier molecular flexibility index (Phi) is 2.63. The number of methoxy groups -OCH3 is 1. The second-order valence-electron chi connectivity index (χ2n) is 3.78. The molecule has 1 aromatic heterocycles. The van der Waals surface area contributed by atoms with Crippen LogP contribution in [0.3, 0.4) is 0 Å². The lowest BCUT2D eigenvalue weighted by atomic mass is 9.77. The summed E-state index contributed by atoms with van der Waals surface area (Å²) in [5.41, 5.74) is 0.102. The molecule has 4 heteroatoms. The first kappa shape index (κ1) is 9.40. The van der Waals surface area contributed by atoms with E-state index in [9.17, 15) is 0 Å². The molecule has 76 valence electrons. The second-order valence-corrected chi connectivity index (χ2v) is 3.78. The molecule has 1 aromatic rings. The van der Waals surface area contributed by atoms with E-state index in [0.717, 1.165) is 25.3 Å². The zero-order valence-corrected chi connectivity index (χ0v) is 8.36. The van der Waals surface area contributed by atoms with Gasteiger partial charge in [-0.25, -0.2) is 4.98 Å². The van der Waals surface area contributed by atoms with Gasteiger partial charge in [0.1, 0.15) is 5.82 Å². The van der Waals surface area contributed by atoms with Crippen molar-refractivity contribution in [2.75, 3.05) is 19.0 Å². The van der Waals surface area contributed by atoms with Crippen LogP contribution in [0.15, 0.2) is 18.6 Å². The first-order valence-corrected chi connectivity index (χ1v) is 4.88. The number of hydrogen-bond donors (Lipinski definition) is 1. The fourth-order valence-corrected chi connectivity index (χ4v) is 1.82. The molecule has 0 spiro atoms. The first-order valence-electron chi connectivity index (χ1n) is 4.88. The summed E-state index contributed by atoms with van der Waals surface area (Å²) in [7, 11) is 1.73. The highest BCUT2D eigenvalue weighted by Crippen LogP contribution is 2.34. The van der Waals surface area contributed by atoms with Crippen LogP contribution < -0.4 is 5.32 Å². The van der Waals surface area contributed by atoms with Gasteiger partial charge in [-0.2, -0.15) is 0 Å². The highest BCUT2D eigenvalue weighted by Gasteiger charge is 2.37. The molecule has 0 aliphatic heterocycles. The summed E-state index contributed by atoms with van der Waals surface area (Å²) in [6, 6.07) is 0. The van der Waals surface area contributed by atoms with E-state index in [0.29, 0.717) is 0 Å². The van der Waals surface area contributed by atoms with Crippen LogP contribution in [0.1, 0.15) is 19.3 Å². The third-order valence-corrected chi connectivity index (χ3v) is 2.69. The van der Waals surface area contributed by atoms with E-state index in [4.69, 9.17) is 4.74 Å². The number of ether oxygens (including phenoxy) is 1. The average molecular weight is 193 g/mol. The van der Waals surface area contributed by atoms with Crippen LogP contribution in [0.2, 0.25) is 0 Å². The summed E-state index contributed by atoms with van der Waals surface area (Å²) >= 11 is 0. The summed E-state index contributed by atoms with van der Waals surface area (Å²) in [6.07, 6.45) is 8.68. The van der Waals surface area contributed by atoms with Crippen LogP contribution in [0.4, 0.5) is 5.82 Å². The number of hydrogen-bond acceptors (Lipinski definition) is 4. The normalized spacial score (nSPS) is 18.6. The summed E-state index contributed by atoms with van der Waals surface area (Å²) in [6.45, 7) is 0.740. The van der Waals surface area contributed by atoms with Gasteiger partial charge in [0.2, 0.25) is 0 Å². The lowest BCUT2D eigenvalue weighted by Gasteiger charge is -2.42. The molecule has 1 saturated carbocycles. The zero-order valence-electron chi connectivity index (χ0n) is 8.36. The Morgan fingerprint density at radius 3 is 2.86 bits per heavy atom. The molecule has 1 N–H and O–H groups in total. The average Bonchev–Trinajstić information content (AvgIpc) is 2.16. The number of aromatic nitrogens is 2. The van der Waals surface area contributed by atoms with Crippen molar-refractivity contribution >= 4 is 5.82 Å². The van der Waals surface area contributed by atoms with E-state index in [-0.39, 0.29) is 5.54 Å². The summed E-state index contributed by atoms with van der Waals surface area (Å²) in [5.74, 6) is 0.837. The molecule has 14 heavy (non-hydrogen) atoms. The quantitative estimate of drug-likeness (QED) is 0.786. The van der Waals surface area contributed by atoms with Gasteiger partial charge in [0.25, 0.3) is 0 Å². The minimum atomic E-state index is 0.102. The predicted molar refractivity (Wildman–Crippen MR) is 54.1 cm³/mol. The standard InChI is InChI=1S/C10H15N3O/c1-14-8-10(3-2-4-10)13-9-7-11-5-6-12-9/h5-7H,2-4,8H2,1H3,(H,12,13). The van der Waals surface area contributed by atoms with E-state index < -0.39 is 0 Å². The number of nitrogens with zero attached hydrogens (tertiary/aromatic N) is 2. The van der Waals surface area contributed by atoms with E-state index >= 15 is 0 Å². The Balaban J connectivity index is 2.01. The van der Waals surface area contributed by atoms with E-state index in [1.165, 1.54) is 6.42 Å². The monoisotopic (exact) mass is 193 g/mol. The van der Waals surface area contributed by atoms with Gasteiger partial charge >= 0.3 is 0 Å². The van der Waals surface area contributed by atoms with Gasteiger partial charge in [-0.3, -0.25) is 4.98 Å². The molecule has 2 rings (SSSR count). The van der Waals surface area contributed by atoms with Gasteiger partial charge in [0, 0.05) is 19.5 Å². The maximum Gasteiger partial charge on any atom is 0.144 e. The Labute approximate surface area is 83.7 Å². The summed E-state index contributed by atoms with van der Waals surface area (Å²) in [4.78, 5) is 8.22. The molecule has 1 aliphatic carbocycles. The van der Waals surface area contributed by atoms with Crippen LogP contribution in [0.25, 0.3) is 0 Å². The topological polar surface area (TPSA) is 47.0 Å². The fraction of sp³-hybridized carbons (Fsp3) is 0.600. The molecule has 0 radical (unpaired) electrons. The van der Waals surface area contributed by atoms with E-state index in [2.05, 4.69) is 15.3 Å². The molecule has 0 aromatic carbocycles. The van der Waals surface area contributed by atoms with Crippen molar-refractivity contribution in [3.05, 3.63) is 18.6 Å². The van der Waals surface area contributed by atoms with Crippen molar-refractivity contribution < 1.29 is 4.74 Å². The summed E-state index contributed by atoms with van der Waals surface area (Å²) < 4.78 is 5.21. The van der Waals surface area contributed by atoms with E-state index in [1.54, 1.807) is 25.7 Å². The van der Waals surface area contributed by atoms with Gasteiger partial charge in [-0.15, -0.1) is 0 Å². The number of anilines is 1. The number of rotatable bonds is 4.